The summed E-state index contributed by atoms with van der Waals surface area (Å²) in [6, 6.07) is -0.529. The summed E-state index contributed by atoms with van der Waals surface area (Å²) in [5, 5.41) is 0. The van der Waals surface area contributed by atoms with Crippen LogP contribution in [0.25, 0.3) is 0 Å². The number of carbonyl (C=O) groups is 3. The van der Waals surface area contributed by atoms with Crippen LogP contribution in [0.15, 0.2) is 0 Å². The molecule has 0 unspecified atom stereocenters. The van der Waals surface area contributed by atoms with E-state index >= 15 is 0 Å². The fourth-order valence-electron chi connectivity index (χ4n) is 3.22. The minimum absolute atomic E-state index is 0.0595. The molecule has 1 aliphatic heterocycles. The third-order valence-electron chi connectivity index (χ3n) is 4.49. The van der Waals surface area contributed by atoms with Crippen LogP contribution in [0.3, 0.4) is 0 Å². The molecule has 0 aromatic heterocycles. The Kier molecular flexibility index (Phi) is 3.17. The lowest BCUT2D eigenvalue weighted by molar-refractivity contribution is -0.160. The molecule has 4 amide bonds. The highest BCUT2D eigenvalue weighted by Gasteiger charge is 2.56. The second-order valence-corrected chi connectivity index (χ2v) is 5.55. The molecule has 100 valence electrons. The molecular weight excluding hydrogens is 232 g/mol. The first-order valence-electron chi connectivity index (χ1n) is 6.51. The predicted octanol–water partition coefficient (Wildman–Crippen LogP) is 1.62. The van der Waals surface area contributed by atoms with E-state index in [4.69, 9.17) is 0 Å². The molecule has 1 aliphatic carbocycles. The van der Waals surface area contributed by atoms with Gasteiger partial charge in [0.2, 0.25) is 11.8 Å². The molecule has 5 heteroatoms. The van der Waals surface area contributed by atoms with Crippen molar-refractivity contribution in [3.8, 4) is 0 Å². The van der Waals surface area contributed by atoms with Crippen LogP contribution in [0.2, 0.25) is 0 Å². The van der Waals surface area contributed by atoms with Crippen molar-refractivity contribution in [1.29, 1.82) is 0 Å². The van der Waals surface area contributed by atoms with E-state index in [1.807, 2.05) is 0 Å². The van der Waals surface area contributed by atoms with Crippen LogP contribution >= 0.6 is 0 Å². The summed E-state index contributed by atoms with van der Waals surface area (Å²) >= 11 is 0. The van der Waals surface area contributed by atoms with E-state index in [1.165, 1.54) is 20.5 Å². The van der Waals surface area contributed by atoms with Gasteiger partial charge in [-0.2, -0.15) is 0 Å². The Morgan fingerprint density at radius 1 is 0.944 bits per heavy atom. The Morgan fingerprint density at radius 3 is 1.83 bits per heavy atom. The maximum absolute atomic E-state index is 12.4. The van der Waals surface area contributed by atoms with E-state index in [0.717, 1.165) is 35.5 Å². The Labute approximate surface area is 107 Å². The van der Waals surface area contributed by atoms with Crippen molar-refractivity contribution in [2.75, 3.05) is 14.1 Å². The van der Waals surface area contributed by atoms with Gasteiger partial charge in [0.15, 0.2) is 0 Å². The summed E-state index contributed by atoms with van der Waals surface area (Å²) in [5.41, 5.74) is -1.06. The highest BCUT2D eigenvalue weighted by Crippen LogP contribution is 2.42. The van der Waals surface area contributed by atoms with Gasteiger partial charge in [-0.25, -0.2) is 4.79 Å². The first kappa shape index (κ1) is 13.1. The third kappa shape index (κ3) is 1.64. The van der Waals surface area contributed by atoms with Crippen LogP contribution in [0, 0.1) is 11.3 Å². The van der Waals surface area contributed by atoms with E-state index < -0.39 is 11.4 Å². The molecule has 2 rings (SSSR count). The fraction of sp³-hybridized carbons (Fsp3) is 0.769. The smallest absolute Gasteiger partial charge is 0.273 e. The Bertz CT molecular complexity index is 375. The zero-order valence-corrected chi connectivity index (χ0v) is 11.2. The molecule has 0 bridgehead atoms. The zero-order valence-electron chi connectivity index (χ0n) is 11.2. The van der Waals surface area contributed by atoms with Crippen molar-refractivity contribution in [3.05, 3.63) is 0 Å². The van der Waals surface area contributed by atoms with Crippen molar-refractivity contribution in [2.45, 2.75) is 39.0 Å². The highest BCUT2D eigenvalue weighted by atomic mass is 16.2. The van der Waals surface area contributed by atoms with E-state index in [0.29, 0.717) is 0 Å². The van der Waals surface area contributed by atoms with Crippen LogP contribution in [0.1, 0.15) is 39.0 Å². The van der Waals surface area contributed by atoms with Crippen LogP contribution in [-0.4, -0.2) is 41.7 Å². The fourth-order valence-corrected chi connectivity index (χ4v) is 3.22. The van der Waals surface area contributed by atoms with Crippen molar-refractivity contribution in [3.63, 3.8) is 0 Å². The normalized spacial score (nSPS) is 25.8. The molecule has 18 heavy (non-hydrogen) atoms. The molecule has 0 aromatic carbocycles. The highest BCUT2D eigenvalue weighted by molar-refractivity contribution is 6.18. The first-order valence-corrected chi connectivity index (χ1v) is 6.51. The number of urea groups is 1. The SMILES string of the molecule is CN1C(=O)N(C)C(=O)C(C)(C2CCCCC2)C1=O. The lowest BCUT2D eigenvalue weighted by Gasteiger charge is -2.44. The van der Waals surface area contributed by atoms with Crippen LogP contribution in [0.4, 0.5) is 4.79 Å². The minimum Gasteiger partial charge on any atom is -0.273 e. The number of carbonyl (C=O) groups excluding carboxylic acids is 3. The molecule has 5 nitrogen and oxygen atoms in total. The summed E-state index contributed by atoms with van der Waals surface area (Å²) in [6.45, 7) is 1.70. The monoisotopic (exact) mass is 252 g/mol. The lowest BCUT2D eigenvalue weighted by Crippen LogP contribution is -2.64. The summed E-state index contributed by atoms with van der Waals surface area (Å²) in [5.74, 6) is -0.630. The van der Waals surface area contributed by atoms with Gasteiger partial charge in [-0.15, -0.1) is 0 Å². The molecule has 1 heterocycles. The van der Waals surface area contributed by atoms with Crippen LogP contribution < -0.4 is 0 Å². The van der Waals surface area contributed by atoms with Crippen molar-refractivity contribution < 1.29 is 14.4 Å². The van der Waals surface area contributed by atoms with Crippen LogP contribution in [-0.2, 0) is 9.59 Å². The number of hydrogen-bond donors (Lipinski definition) is 0. The number of nitrogens with zero attached hydrogens (tertiary/aromatic N) is 2. The zero-order chi connectivity index (χ0) is 13.5. The molecule has 2 aliphatic rings. The largest absolute Gasteiger partial charge is 0.332 e. The Balaban J connectivity index is 2.36. The van der Waals surface area contributed by atoms with Crippen LogP contribution in [0.5, 0.6) is 0 Å². The molecule has 1 saturated heterocycles. The van der Waals surface area contributed by atoms with Gasteiger partial charge in [-0.3, -0.25) is 19.4 Å². The molecule has 0 atom stereocenters. The second-order valence-electron chi connectivity index (χ2n) is 5.55. The average molecular weight is 252 g/mol. The van der Waals surface area contributed by atoms with E-state index in [1.54, 1.807) is 6.92 Å². The van der Waals surface area contributed by atoms with Gasteiger partial charge >= 0.3 is 6.03 Å². The molecule has 0 radical (unpaired) electrons. The number of amides is 4. The average Bonchev–Trinajstić information content (AvgIpc) is 2.42. The summed E-state index contributed by atoms with van der Waals surface area (Å²) < 4.78 is 0. The third-order valence-corrected chi connectivity index (χ3v) is 4.49. The summed E-state index contributed by atoms with van der Waals surface area (Å²) in [4.78, 5) is 38.6. The second kappa shape index (κ2) is 4.37. The molecule has 1 saturated carbocycles. The van der Waals surface area contributed by atoms with Gasteiger partial charge in [0.05, 0.1) is 0 Å². The molecular formula is C13H20N2O3. The van der Waals surface area contributed by atoms with Gasteiger partial charge in [-0.1, -0.05) is 19.3 Å². The summed E-state index contributed by atoms with van der Waals surface area (Å²) in [6.07, 6.45) is 5.07. The van der Waals surface area contributed by atoms with Crippen molar-refractivity contribution in [1.82, 2.24) is 9.80 Å². The van der Waals surface area contributed by atoms with Gasteiger partial charge in [0.25, 0.3) is 0 Å². The van der Waals surface area contributed by atoms with Crippen molar-refractivity contribution in [2.24, 2.45) is 11.3 Å². The topological polar surface area (TPSA) is 57.7 Å². The first-order chi connectivity index (χ1) is 8.40. The van der Waals surface area contributed by atoms with Gasteiger partial charge in [0, 0.05) is 14.1 Å². The van der Waals surface area contributed by atoms with Crippen molar-refractivity contribution >= 4 is 17.8 Å². The molecule has 0 spiro atoms. The predicted molar refractivity (Wildman–Crippen MR) is 65.6 cm³/mol. The van der Waals surface area contributed by atoms with Gasteiger partial charge < -0.3 is 0 Å². The summed E-state index contributed by atoms with van der Waals surface area (Å²) in [7, 11) is 2.91. The Hall–Kier alpha value is -1.39. The number of barbiturate groups is 1. The van der Waals surface area contributed by atoms with E-state index in [-0.39, 0.29) is 17.7 Å². The molecule has 2 fully saturated rings. The minimum atomic E-state index is -1.06. The number of hydrogen-bond acceptors (Lipinski definition) is 3. The molecule has 0 N–H and O–H groups in total. The standard InChI is InChI=1S/C13H20N2O3/c1-13(9-7-5-4-6-8-9)10(16)14(2)12(18)15(3)11(13)17/h9H,4-8H2,1-3H3. The lowest BCUT2D eigenvalue weighted by atomic mass is 9.67. The number of imide groups is 2. The maximum Gasteiger partial charge on any atom is 0.332 e. The van der Waals surface area contributed by atoms with Gasteiger partial charge in [-0.05, 0) is 25.7 Å². The van der Waals surface area contributed by atoms with E-state index in [9.17, 15) is 14.4 Å². The maximum atomic E-state index is 12.4. The van der Waals surface area contributed by atoms with E-state index in [2.05, 4.69) is 0 Å². The quantitative estimate of drug-likeness (QED) is 0.666. The Morgan fingerprint density at radius 2 is 1.39 bits per heavy atom. The molecule has 0 aromatic rings. The van der Waals surface area contributed by atoms with Gasteiger partial charge in [0.1, 0.15) is 5.41 Å². The number of rotatable bonds is 1.